The summed E-state index contributed by atoms with van der Waals surface area (Å²) >= 11 is 0. The van der Waals surface area contributed by atoms with Gasteiger partial charge in [0.1, 0.15) is 0 Å². The van der Waals surface area contributed by atoms with E-state index in [0.717, 1.165) is 11.1 Å². The third-order valence-electron chi connectivity index (χ3n) is 3.22. The summed E-state index contributed by atoms with van der Waals surface area (Å²) in [5, 5.41) is 10.5. The topological polar surface area (TPSA) is 121 Å². The molecule has 0 radical (unpaired) electrons. The zero-order valence-electron chi connectivity index (χ0n) is 14.2. The van der Waals surface area contributed by atoms with E-state index in [2.05, 4.69) is 0 Å². The lowest BCUT2D eigenvalue weighted by Gasteiger charge is -2.27. The predicted molar refractivity (Wildman–Crippen MR) is 95.2 cm³/mol. The molecule has 156 valence electrons. The number of hydrogen-bond acceptors (Lipinski definition) is 5. The van der Waals surface area contributed by atoms with Gasteiger partial charge in [-0.3, -0.25) is 13.6 Å². The van der Waals surface area contributed by atoms with Gasteiger partial charge in [0, 0.05) is 12.8 Å². The molecule has 2 rings (SSSR count). The maximum Gasteiger partial charge on any atom is 0.522 e. The van der Waals surface area contributed by atoms with Crippen LogP contribution in [0.2, 0.25) is 0 Å². The lowest BCUT2D eigenvalue weighted by atomic mass is 9.98. The minimum absolute atomic E-state index is 0.152. The fourth-order valence-electron chi connectivity index (χ4n) is 2.13. The molecule has 0 saturated carbocycles. The first kappa shape index (κ1) is 24.3. The van der Waals surface area contributed by atoms with E-state index in [0.29, 0.717) is 0 Å². The van der Waals surface area contributed by atoms with Crippen molar-refractivity contribution in [2.24, 2.45) is 0 Å². The molecule has 2 aromatic carbocycles. The second-order valence-corrected chi connectivity index (χ2v) is 7.71. The quantitative estimate of drug-likeness (QED) is 0.272. The highest BCUT2D eigenvalue weighted by molar-refractivity contribution is 7.86. The van der Waals surface area contributed by atoms with E-state index in [1.807, 2.05) is 60.7 Å². The van der Waals surface area contributed by atoms with Crippen LogP contribution in [0.1, 0.15) is 11.1 Å². The lowest BCUT2D eigenvalue weighted by molar-refractivity contribution is -0.135. The van der Waals surface area contributed by atoms with Crippen molar-refractivity contribution in [2.45, 2.75) is 24.1 Å². The zero-order chi connectivity index (χ0) is 21.4. The van der Waals surface area contributed by atoms with Gasteiger partial charge in [0.25, 0.3) is 0 Å². The number of alkyl halides is 3. The summed E-state index contributed by atoms with van der Waals surface area (Å²) < 4.78 is 73.4. The SMILES string of the molecule is O=S(=O)(O)C(F)(F)F.O=[PH](O)OC(O)(Cc1ccccc1)Cc1ccccc1. The highest BCUT2D eigenvalue weighted by Gasteiger charge is 2.44. The first-order valence-electron chi connectivity index (χ1n) is 7.58. The van der Waals surface area contributed by atoms with Crippen molar-refractivity contribution < 1.29 is 45.2 Å². The van der Waals surface area contributed by atoms with Gasteiger partial charge in [-0.2, -0.15) is 21.6 Å². The minimum atomic E-state index is -5.84. The summed E-state index contributed by atoms with van der Waals surface area (Å²) in [4.78, 5) is 9.01. The summed E-state index contributed by atoms with van der Waals surface area (Å²) in [6.45, 7) is 0. The highest BCUT2D eigenvalue weighted by Crippen LogP contribution is 2.30. The van der Waals surface area contributed by atoms with Gasteiger partial charge in [-0.15, -0.1) is 0 Å². The number of rotatable bonds is 6. The Morgan fingerprint density at radius 2 is 1.21 bits per heavy atom. The van der Waals surface area contributed by atoms with Gasteiger partial charge in [0.15, 0.2) is 5.79 Å². The number of aliphatic hydroxyl groups is 1. The van der Waals surface area contributed by atoms with Gasteiger partial charge in [-0.25, -0.2) is 0 Å². The van der Waals surface area contributed by atoms with Crippen LogP contribution >= 0.6 is 8.25 Å². The van der Waals surface area contributed by atoms with Crippen molar-refractivity contribution in [3.8, 4) is 0 Å². The Hall–Kier alpha value is -1.75. The number of benzene rings is 2. The van der Waals surface area contributed by atoms with Crippen LogP contribution in [-0.2, 0) is 32.0 Å². The molecular formula is C16H18F3O7PS. The van der Waals surface area contributed by atoms with E-state index >= 15 is 0 Å². The molecule has 0 fully saturated rings. The number of halogens is 3. The van der Waals surface area contributed by atoms with E-state index in [-0.39, 0.29) is 12.8 Å². The Kier molecular flexibility index (Phi) is 8.80. The van der Waals surface area contributed by atoms with Gasteiger partial charge < -0.3 is 10.00 Å². The maximum atomic E-state index is 11.0. The van der Waals surface area contributed by atoms with Crippen molar-refractivity contribution >= 4 is 18.4 Å². The molecule has 0 heterocycles. The molecule has 2 aromatic rings. The summed E-state index contributed by atoms with van der Waals surface area (Å²) in [7, 11) is -9.07. The van der Waals surface area contributed by atoms with Crippen LogP contribution in [0.4, 0.5) is 13.2 Å². The Morgan fingerprint density at radius 1 is 0.893 bits per heavy atom. The molecule has 1 atom stereocenters. The third kappa shape index (κ3) is 8.96. The second kappa shape index (κ2) is 10.1. The Balaban J connectivity index is 0.000000416. The molecule has 12 heteroatoms. The van der Waals surface area contributed by atoms with Crippen molar-refractivity contribution in [1.29, 1.82) is 0 Å². The van der Waals surface area contributed by atoms with Gasteiger partial charge in [-0.1, -0.05) is 60.7 Å². The molecule has 28 heavy (non-hydrogen) atoms. The standard InChI is InChI=1S/C15H17O4P.CHF3O3S/c16-15(19-20(17)18,11-13-7-3-1-4-8-13)12-14-9-5-2-6-10-14;2-1(3,4)8(5,6)7/h1-10,16,20H,11-12H2,(H,17,18);(H,5,6,7). The van der Waals surface area contributed by atoms with Gasteiger partial charge in [-0.05, 0) is 11.1 Å². The van der Waals surface area contributed by atoms with E-state index < -0.39 is 29.7 Å². The molecule has 0 aromatic heterocycles. The molecule has 0 aliphatic rings. The Bertz CT molecular complexity index is 817. The predicted octanol–water partition coefficient (Wildman–Crippen LogP) is 2.95. The lowest BCUT2D eigenvalue weighted by Crippen LogP contribution is -2.35. The summed E-state index contributed by atoms with van der Waals surface area (Å²) in [6, 6.07) is 18.5. The molecule has 0 amide bonds. The average Bonchev–Trinajstić information content (AvgIpc) is 2.54. The Labute approximate surface area is 160 Å². The van der Waals surface area contributed by atoms with Crippen LogP contribution < -0.4 is 0 Å². The van der Waals surface area contributed by atoms with Crippen LogP contribution in [0.3, 0.4) is 0 Å². The fraction of sp³-hybridized carbons (Fsp3) is 0.250. The van der Waals surface area contributed by atoms with E-state index in [1.54, 1.807) is 0 Å². The molecule has 0 spiro atoms. The van der Waals surface area contributed by atoms with E-state index in [1.165, 1.54) is 0 Å². The van der Waals surface area contributed by atoms with Gasteiger partial charge in [0.2, 0.25) is 0 Å². The summed E-state index contributed by atoms with van der Waals surface area (Å²) in [6.07, 6.45) is 0.305. The van der Waals surface area contributed by atoms with Crippen LogP contribution in [0.15, 0.2) is 60.7 Å². The normalized spacial score (nSPS) is 13.4. The van der Waals surface area contributed by atoms with E-state index in [4.69, 9.17) is 22.4 Å². The fourth-order valence-corrected chi connectivity index (χ4v) is 2.60. The molecule has 0 aliphatic heterocycles. The van der Waals surface area contributed by atoms with Crippen molar-refractivity contribution in [2.75, 3.05) is 0 Å². The Morgan fingerprint density at radius 3 is 1.46 bits per heavy atom. The number of hydrogen-bond donors (Lipinski definition) is 3. The van der Waals surface area contributed by atoms with Crippen molar-refractivity contribution in [3.05, 3.63) is 71.8 Å². The zero-order valence-corrected chi connectivity index (χ0v) is 16.0. The largest absolute Gasteiger partial charge is 0.522 e. The molecule has 0 saturated heterocycles. The van der Waals surface area contributed by atoms with Crippen LogP contribution in [0.5, 0.6) is 0 Å². The van der Waals surface area contributed by atoms with Gasteiger partial charge >= 0.3 is 23.9 Å². The molecule has 0 bridgehead atoms. The average molecular weight is 442 g/mol. The third-order valence-corrected chi connectivity index (χ3v) is 4.36. The smallest absolute Gasteiger partial charge is 0.365 e. The summed E-state index contributed by atoms with van der Waals surface area (Å²) in [5.41, 5.74) is -3.85. The molecule has 0 aliphatic carbocycles. The highest BCUT2D eigenvalue weighted by atomic mass is 32.2. The van der Waals surface area contributed by atoms with Crippen LogP contribution in [0, 0.1) is 0 Å². The maximum absolute atomic E-state index is 11.0. The first-order chi connectivity index (χ1) is 12.8. The summed E-state index contributed by atoms with van der Waals surface area (Å²) in [5.74, 6) is -1.69. The molecule has 1 unspecified atom stereocenters. The van der Waals surface area contributed by atoms with Crippen molar-refractivity contribution in [3.63, 3.8) is 0 Å². The van der Waals surface area contributed by atoms with Crippen LogP contribution in [-0.4, -0.2) is 34.3 Å². The first-order valence-corrected chi connectivity index (χ1v) is 10.3. The van der Waals surface area contributed by atoms with E-state index in [9.17, 15) is 22.8 Å². The van der Waals surface area contributed by atoms with Gasteiger partial charge in [0.05, 0.1) is 0 Å². The molecule has 3 N–H and O–H groups in total. The van der Waals surface area contributed by atoms with Crippen molar-refractivity contribution in [1.82, 2.24) is 0 Å². The second-order valence-electron chi connectivity index (χ2n) is 5.56. The minimum Gasteiger partial charge on any atom is -0.365 e. The molecule has 7 nitrogen and oxygen atoms in total. The molecular weight excluding hydrogens is 424 g/mol. The van der Waals surface area contributed by atoms with Crippen LogP contribution in [0.25, 0.3) is 0 Å². The monoisotopic (exact) mass is 442 g/mol.